The molecule has 0 saturated carbocycles. The molecule has 76 valence electrons. The molecule has 0 fully saturated rings. The van der Waals surface area contributed by atoms with Crippen molar-refractivity contribution in [2.24, 2.45) is 0 Å². The minimum Gasteiger partial charge on any atom is -0.147 e. The highest BCUT2D eigenvalue weighted by molar-refractivity contribution is 6.48. The largest absolute Gasteiger partial charge is 0.171 e. The van der Waals surface area contributed by atoms with E-state index in [-0.39, 0.29) is 10.2 Å². The van der Waals surface area contributed by atoms with Crippen molar-refractivity contribution in [1.82, 2.24) is 10.2 Å². The number of rotatable bonds is 1. The predicted molar refractivity (Wildman–Crippen MR) is 62.5 cm³/mol. The second-order valence-electron chi connectivity index (χ2n) is 2.83. The van der Waals surface area contributed by atoms with Gasteiger partial charge in [0.25, 0.3) is 0 Å². The number of benzene rings is 1. The van der Waals surface area contributed by atoms with E-state index in [9.17, 15) is 0 Å². The van der Waals surface area contributed by atoms with Crippen LogP contribution in [0.3, 0.4) is 0 Å². The van der Waals surface area contributed by atoms with Gasteiger partial charge in [-0.3, -0.25) is 0 Å². The monoisotopic (exact) mass is 258 g/mol. The Morgan fingerprint density at radius 1 is 0.800 bits per heavy atom. The average molecular weight is 260 g/mol. The first-order valence-electron chi connectivity index (χ1n) is 4.12. The summed E-state index contributed by atoms with van der Waals surface area (Å²) in [6.45, 7) is 0. The summed E-state index contributed by atoms with van der Waals surface area (Å²) in [6, 6.07) is 9.42. The van der Waals surface area contributed by atoms with E-state index >= 15 is 0 Å². The maximum absolute atomic E-state index is 6.01. The maximum atomic E-state index is 6.01. The lowest BCUT2D eigenvalue weighted by molar-refractivity contribution is 1.04. The lowest BCUT2D eigenvalue weighted by atomic mass is 10.1. The first-order chi connectivity index (χ1) is 7.20. The van der Waals surface area contributed by atoms with Gasteiger partial charge in [0.05, 0.1) is 5.02 Å². The Hall–Kier alpha value is -0.830. The van der Waals surface area contributed by atoms with E-state index in [0.29, 0.717) is 10.7 Å². The van der Waals surface area contributed by atoms with Gasteiger partial charge in [-0.25, -0.2) is 0 Å². The number of aromatic nitrogens is 2. The summed E-state index contributed by atoms with van der Waals surface area (Å²) in [7, 11) is 0. The molecule has 0 aliphatic carbocycles. The molecule has 0 unspecified atom stereocenters. The molecular formula is C10H5Cl3N2. The Morgan fingerprint density at radius 3 is 2.13 bits per heavy atom. The molecule has 2 nitrogen and oxygen atoms in total. The number of hydrogen-bond donors (Lipinski definition) is 0. The Morgan fingerprint density at radius 2 is 1.47 bits per heavy atom. The molecule has 1 aromatic carbocycles. The van der Waals surface area contributed by atoms with Gasteiger partial charge in [0, 0.05) is 5.56 Å². The molecule has 0 atom stereocenters. The fourth-order valence-corrected chi connectivity index (χ4v) is 1.70. The molecule has 0 aliphatic heterocycles. The Bertz CT molecular complexity index is 486. The highest BCUT2D eigenvalue weighted by atomic mass is 35.5. The van der Waals surface area contributed by atoms with E-state index < -0.39 is 0 Å². The molecule has 0 aliphatic rings. The Balaban J connectivity index is 2.60. The predicted octanol–water partition coefficient (Wildman–Crippen LogP) is 4.10. The van der Waals surface area contributed by atoms with Gasteiger partial charge in [0.2, 0.25) is 0 Å². The summed E-state index contributed by atoms with van der Waals surface area (Å²) >= 11 is 17.6. The summed E-state index contributed by atoms with van der Waals surface area (Å²) in [5, 5.41) is 8.29. The third-order valence-electron chi connectivity index (χ3n) is 1.87. The summed E-state index contributed by atoms with van der Waals surface area (Å²) in [5.41, 5.74) is 1.39. The summed E-state index contributed by atoms with van der Waals surface area (Å²) in [4.78, 5) is 0. The highest BCUT2D eigenvalue weighted by Crippen LogP contribution is 2.34. The van der Waals surface area contributed by atoms with Crippen molar-refractivity contribution in [1.29, 1.82) is 0 Å². The normalized spacial score (nSPS) is 10.3. The molecule has 2 rings (SSSR count). The molecule has 1 heterocycles. The van der Waals surface area contributed by atoms with E-state index in [2.05, 4.69) is 10.2 Å². The standard InChI is InChI=1S/C10H5Cl3N2/c11-7-8(12)10(13)15-14-9(7)6-4-2-1-3-5-6/h1-5H. The summed E-state index contributed by atoms with van der Waals surface area (Å²) in [5.74, 6) is 0. The molecule has 15 heavy (non-hydrogen) atoms. The van der Waals surface area contributed by atoms with E-state index in [4.69, 9.17) is 34.8 Å². The molecule has 0 N–H and O–H groups in total. The smallest absolute Gasteiger partial charge is 0.147 e. The fraction of sp³-hybridized carbons (Fsp3) is 0. The lowest BCUT2D eigenvalue weighted by Gasteiger charge is -2.04. The molecule has 1 aromatic heterocycles. The zero-order valence-electron chi connectivity index (χ0n) is 7.42. The van der Waals surface area contributed by atoms with E-state index in [1.807, 2.05) is 30.3 Å². The fourth-order valence-electron chi connectivity index (χ4n) is 1.16. The van der Waals surface area contributed by atoms with Crippen molar-refractivity contribution in [3.8, 4) is 11.3 Å². The van der Waals surface area contributed by atoms with Crippen LogP contribution >= 0.6 is 34.8 Å². The van der Waals surface area contributed by atoms with Crippen molar-refractivity contribution in [3.63, 3.8) is 0 Å². The van der Waals surface area contributed by atoms with Gasteiger partial charge in [-0.2, -0.15) is 0 Å². The molecule has 0 saturated heterocycles. The minimum atomic E-state index is 0.112. The molecular weight excluding hydrogens is 254 g/mol. The van der Waals surface area contributed by atoms with Gasteiger partial charge in [-0.05, 0) is 0 Å². The van der Waals surface area contributed by atoms with Gasteiger partial charge in [-0.1, -0.05) is 65.1 Å². The highest BCUT2D eigenvalue weighted by Gasteiger charge is 2.12. The van der Waals surface area contributed by atoms with Gasteiger partial charge in [-0.15, -0.1) is 10.2 Å². The van der Waals surface area contributed by atoms with Crippen LogP contribution in [-0.4, -0.2) is 10.2 Å². The van der Waals surface area contributed by atoms with Crippen LogP contribution < -0.4 is 0 Å². The Labute approximate surface area is 102 Å². The first kappa shape index (κ1) is 10.7. The van der Waals surface area contributed by atoms with E-state index in [1.165, 1.54) is 0 Å². The summed E-state index contributed by atoms with van der Waals surface area (Å²) < 4.78 is 0. The first-order valence-corrected chi connectivity index (χ1v) is 5.26. The van der Waals surface area contributed by atoms with Crippen LogP contribution in [0.2, 0.25) is 15.2 Å². The van der Waals surface area contributed by atoms with Gasteiger partial charge in [0.15, 0.2) is 5.15 Å². The van der Waals surface area contributed by atoms with Gasteiger partial charge >= 0.3 is 0 Å². The van der Waals surface area contributed by atoms with Crippen LogP contribution in [0.25, 0.3) is 11.3 Å². The molecule has 2 aromatic rings. The molecule has 0 amide bonds. The van der Waals surface area contributed by atoms with Gasteiger partial charge in [0.1, 0.15) is 10.7 Å². The maximum Gasteiger partial charge on any atom is 0.171 e. The summed E-state index contributed by atoms with van der Waals surface area (Å²) in [6.07, 6.45) is 0. The van der Waals surface area contributed by atoms with Crippen molar-refractivity contribution in [2.45, 2.75) is 0 Å². The van der Waals surface area contributed by atoms with Crippen LogP contribution in [0.4, 0.5) is 0 Å². The number of halogens is 3. The zero-order chi connectivity index (χ0) is 10.8. The van der Waals surface area contributed by atoms with Crippen LogP contribution in [0.15, 0.2) is 30.3 Å². The average Bonchev–Trinajstić information content (AvgIpc) is 2.27. The van der Waals surface area contributed by atoms with Crippen molar-refractivity contribution in [2.75, 3.05) is 0 Å². The second kappa shape index (κ2) is 4.35. The number of nitrogens with zero attached hydrogens (tertiary/aromatic N) is 2. The zero-order valence-corrected chi connectivity index (χ0v) is 9.68. The van der Waals surface area contributed by atoms with Gasteiger partial charge < -0.3 is 0 Å². The van der Waals surface area contributed by atoms with E-state index in [0.717, 1.165) is 5.56 Å². The van der Waals surface area contributed by atoms with Crippen LogP contribution in [-0.2, 0) is 0 Å². The minimum absolute atomic E-state index is 0.112. The van der Waals surface area contributed by atoms with Crippen LogP contribution in [0.1, 0.15) is 0 Å². The van der Waals surface area contributed by atoms with Crippen LogP contribution in [0.5, 0.6) is 0 Å². The van der Waals surface area contributed by atoms with Crippen molar-refractivity contribution in [3.05, 3.63) is 45.5 Å². The lowest BCUT2D eigenvalue weighted by Crippen LogP contribution is -1.90. The van der Waals surface area contributed by atoms with Crippen LogP contribution in [0, 0.1) is 0 Å². The van der Waals surface area contributed by atoms with E-state index in [1.54, 1.807) is 0 Å². The number of hydrogen-bond acceptors (Lipinski definition) is 2. The van der Waals surface area contributed by atoms with Crippen molar-refractivity contribution >= 4 is 34.8 Å². The molecule has 0 radical (unpaired) electrons. The Kier molecular flexibility index (Phi) is 3.10. The third kappa shape index (κ3) is 2.07. The quantitative estimate of drug-likeness (QED) is 0.770. The third-order valence-corrected chi connectivity index (χ3v) is 3.06. The molecule has 0 bridgehead atoms. The molecule has 5 heteroatoms. The SMILES string of the molecule is Clc1nnc(-c2ccccc2)c(Cl)c1Cl. The topological polar surface area (TPSA) is 25.8 Å². The second-order valence-corrected chi connectivity index (χ2v) is 3.95. The van der Waals surface area contributed by atoms with Crippen molar-refractivity contribution < 1.29 is 0 Å². The molecule has 0 spiro atoms.